The van der Waals surface area contributed by atoms with E-state index in [2.05, 4.69) is 10.7 Å². The van der Waals surface area contributed by atoms with Crippen LogP contribution in [0.2, 0.25) is 0 Å². The fraction of sp³-hybridized carbons (Fsp3) is 0.188. The van der Waals surface area contributed by atoms with Gasteiger partial charge in [0.15, 0.2) is 0 Å². The van der Waals surface area contributed by atoms with Crippen molar-refractivity contribution in [2.45, 2.75) is 32.1 Å². The third kappa shape index (κ3) is 7.68. The van der Waals surface area contributed by atoms with Crippen LogP contribution in [-0.4, -0.2) is 6.61 Å². The highest BCUT2D eigenvalue weighted by Crippen LogP contribution is 2.38. The van der Waals surface area contributed by atoms with Crippen molar-refractivity contribution in [1.82, 2.24) is 0 Å². The second-order valence-corrected chi connectivity index (χ2v) is 9.48. The van der Waals surface area contributed by atoms with Gasteiger partial charge in [-0.05, 0) is 60.5 Å². The summed E-state index contributed by atoms with van der Waals surface area (Å²) in [6, 6.07) is 6.86. The molecule has 0 aromatic heterocycles. The standard InChI is InChI=1S/C32H19F11O2/c1-2-3-10-44-20-8-9-22(24(34)15-20)19-13-27(37)30(28(38)14-19)32(42,43)45-21-7-6-18(23(33)16-21)5-4-17-11-25(35)29(26(36)12-17)31(39,40)41/h6-9,11-16H,2-3,10H2,1H3. The van der Waals surface area contributed by atoms with Crippen molar-refractivity contribution in [1.29, 1.82) is 0 Å². The van der Waals surface area contributed by atoms with Gasteiger partial charge in [0.2, 0.25) is 0 Å². The van der Waals surface area contributed by atoms with Crippen LogP contribution in [0.5, 0.6) is 11.5 Å². The number of alkyl halides is 5. The highest BCUT2D eigenvalue weighted by atomic mass is 19.4. The highest BCUT2D eigenvalue weighted by molar-refractivity contribution is 5.66. The normalized spacial score (nSPS) is 11.6. The molecule has 45 heavy (non-hydrogen) atoms. The minimum absolute atomic E-state index is 0.161. The second kappa shape index (κ2) is 13.1. The zero-order chi connectivity index (χ0) is 33.1. The van der Waals surface area contributed by atoms with Crippen LogP contribution in [0.4, 0.5) is 48.3 Å². The van der Waals surface area contributed by atoms with Crippen molar-refractivity contribution in [3.05, 3.63) is 118 Å². The van der Waals surface area contributed by atoms with Crippen LogP contribution in [0.15, 0.2) is 60.7 Å². The van der Waals surface area contributed by atoms with Crippen LogP contribution in [0.1, 0.15) is 42.0 Å². The SMILES string of the molecule is CCCCOc1ccc(-c2cc(F)c(C(F)(F)Oc3ccc(C#Cc4cc(F)c(C(F)(F)F)c(F)c4)c(F)c3)c(F)c2)c(F)c1. The Morgan fingerprint density at radius 2 is 1.20 bits per heavy atom. The molecule has 0 amide bonds. The van der Waals surface area contributed by atoms with E-state index in [1.807, 2.05) is 12.8 Å². The van der Waals surface area contributed by atoms with E-state index in [0.717, 1.165) is 30.7 Å². The summed E-state index contributed by atoms with van der Waals surface area (Å²) in [5, 5.41) is 0. The lowest BCUT2D eigenvalue weighted by Crippen LogP contribution is -2.25. The van der Waals surface area contributed by atoms with Crippen LogP contribution in [0.3, 0.4) is 0 Å². The molecule has 4 rings (SSSR count). The Bertz CT molecular complexity index is 1740. The lowest BCUT2D eigenvalue weighted by atomic mass is 10.0. The molecule has 0 aliphatic rings. The summed E-state index contributed by atoms with van der Waals surface area (Å²) >= 11 is 0. The van der Waals surface area contributed by atoms with Gasteiger partial charge in [0, 0.05) is 23.3 Å². The number of hydrogen-bond acceptors (Lipinski definition) is 2. The molecule has 4 aromatic carbocycles. The van der Waals surface area contributed by atoms with Crippen molar-refractivity contribution < 1.29 is 57.8 Å². The number of rotatable bonds is 8. The second-order valence-electron chi connectivity index (χ2n) is 9.48. The summed E-state index contributed by atoms with van der Waals surface area (Å²) in [6.45, 7) is 2.24. The molecule has 0 saturated carbocycles. The first-order valence-corrected chi connectivity index (χ1v) is 13.0. The Morgan fingerprint density at radius 3 is 1.76 bits per heavy atom. The molecule has 0 saturated heterocycles. The number of benzene rings is 4. The third-order valence-corrected chi connectivity index (χ3v) is 6.20. The third-order valence-electron chi connectivity index (χ3n) is 6.20. The molecule has 2 nitrogen and oxygen atoms in total. The molecule has 236 valence electrons. The van der Waals surface area contributed by atoms with Crippen molar-refractivity contribution >= 4 is 0 Å². The largest absolute Gasteiger partial charge is 0.493 e. The number of halogens is 11. The first kappa shape index (κ1) is 33.2. The molecular formula is C32H19F11O2. The molecule has 0 aliphatic heterocycles. The summed E-state index contributed by atoms with van der Waals surface area (Å²) in [7, 11) is 0. The summed E-state index contributed by atoms with van der Waals surface area (Å²) in [6.07, 6.45) is -8.47. The lowest BCUT2D eigenvalue weighted by Gasteiger charge is -2.20. The average Bonchev–Trinajstić information content (AvgIpc) is 2.91. The van der Waals surface area contributed by atoms with Gasteiger partial charge in [-0.3, -0.25) is 0 Å². The van der Waals surface area contributed by atoms with Crippen LogP contribution in [-0.2, 0) is 12.3 Å². The first-order chi connectivity index (χ1) is 21.1. The predicted molar refractivity (Wildman–Crippen MR) is 140 cm³/mol. The van der Waals surface area contributed by atoms with Gasteiger partial charge < -0.3 is 9.47 Å². The highest BCUT2D eigenvalue weighted by Gasteiger charge is 2.41. The molecule has 0 atom stereocenters. The molecule has 13 heteroatoms. The van der Waals surface area contributed by atoms with E-state index in [1.165, 1.54) is 6.07 Å². The Hall–Kier alpha value is -4.73. The average molecular weight is 644 g/mol. The fourth-order valence-electron chi connectivity index (χ4n) is 4.08. The van der Waals surface area contributed by atoms with Crippen LogP contribution in [0, 0.1) is 46.7 Å². The van der Waals surface area contributed by atoms with Crippen molar-refractivity contribution in [2.24, 2.45) is 0 Å². The molecule has 0 aliphatic carbocycles. The first-order valence-electron chi connectivity index (χ1n) is 13.0. The van der Waals surface area contributed by atoms with Gasteiger partial charge in [0.05, 0.1) is 12.2 Å². The maximum absolute atomic E-state index is 14.9. The molecule has 0 heterocycles. The monoisotopic (exact) mass is 644 g/mol. The van der Waals surface area contributed by atoms with Crippen molar-refractivity contribution in [3.8, 4) is 34.5 Å². The van der Waals surface area contributed by atoms with Crippen molar-refractivity contribution in [3.63, 3.8) is 0 Å². The number of ether oxygens (including phenoxy) is 2. The summed E-state index contributed by atoms with van der Waals surface area (Å²) in [5.41, 5.74) is -5.82. The number of unbranched alkanes of at least 4 members (excludes halogenated alkanes) is 1. The number of hydrogen-bond donors (Lipinski definition) is 0. The summed E-state index contributed by atoms with van der Waals surface area (Å²) in [4.78, 5) is 0. The molecule has 0 spiro atoms. The molecule has 0 radical (unpaired) electrons. The molecule has 0 N–H and O–H groups in total. The lowest BCUT2D eigenvalue weighted by molar-refractivity contribution is -0.189. The zero-order valence-corrected chi connectivity index (χ0v) is 22.9. The van der Waals surface area contributed by atoms with Gasteiger partial charge >= 0.3 is 12.3 Å². The van der Waals surface area contributed by atoms with Crippen LogP contribution in [0.25, 0.3) is 11.1 Å². The van der Waals surface area contributed by atoms with E-state index in [1.54, 1.807) is 0 Å². The van der Waals surface area contributed by atoms with E-state index in [4.69, 9.17) is 4.74 Å². The Labute approximate surface area is 249 Å². The molecule has 0 unspecified atom stereocenters. The molecular weight excluding hydrogens is 625 g/mol. The quantitative estimate of drug-likeness (QED) is 0.108. The molecule has 0 fully saturated rings. The predicted octanol–water partition coefficient (Wildman–Crippen LogP) is 9.91. The smallest absolute Gasteiger partial charge is 0.432 e. The van der Waals surface area contributed by atoms with Crippen LogP contribution >= 0.6 is 0 Å². The molecule has 4 aromatic rings. The van der Waals surface area contributed by atoms with Gasteiger partial charge in [0.25, 0.3) is 0 Å². The Kier molecular flexibility index (Phi) is 9.65. The minimum atomic E-state index is -5.31. The minimum Gasteiger partial charge on any atom is -0.493 e. The summed E-state index contributed by atoms with van der Waals surface area (Å²) in [5.74, 6) is -6.37. The van der Waals surface area contributed by atoms with E-state index < -0.39 is 80.8 Å². The van der Waals surface area contributed by atoms with Gasteiger partial charge in [-0.2, -0.15) is 22.0 Å². The van der Waals surface area contributed by atoms with E-state index in [9.17, 15) is 48.3 Å². The molecule has 0 bridgehead atoms. The maximum Gasteiger partial charge on any atom is 0.432 e. The zero-order valence-electron chi connectivity index (χ0n) is 22.9. The fourth-order valence-corrected chi connectivity index (χ4v) is 4.08. The Balaban J connectivity index is 1.54. The van der Waals surface area contributed by atoms with Gasteiger partial charge in [-0.25, -0.2) is 26.3 Å². The van der Waals surface area contributed by atoms with Gasteiger partial charge in [0.1, 0.15) is 57.5 Å². The van der Waals surface area contributed by atoms with Gasteiger partial charge in [-0.15, -0.1) is 0 Å². The van der Waals surface area contributed by atoms with E-state index in [-0.39, 0.29) is 23.4 Å². The Morgan fingerprint density at radius 1 is 0.622 bits per heavy atom. The van der Waals surface area contributed by atoms with E-state index in [0.29, 0.717) is 31.2 Å². The topological polar surface area (TPSA) is 18.5 Å². The van der Waals surface area contributed by atoms with Crippen molar-refractivity contribution in [2.75, 3.05) is 6.61 Å². The maximum atomic E-state index is 14.9. The van der Waals surface area contributed by atoms with Gasteiger partial charge in [-0.1, -0.05) is 25.2 Å². The van der Waals surface area contributed by atoms with E-state index >= 15 is 0 Å². The van der Waals surface area contributed by atoms with Crippen LogP contribution < -0.4 is 9.47 Å². The summed E-state index contributed by atoms with van der Waals surface area (Å²) < 4.78 is 164.